The molecule has 3 rings (SSSR count). The largest absolute Gasteiger partial charge is 0.467 e. The second-order valence-corrected chi connectivity index (χ2v) is 6.76. The number of hydrogen-bond donors (Lipinski definition) is 1. The Labute approximate surface area is 157 Å². The minimum absolute atomic E-state index is 0.0261. The molecule has 0 unspecified atom stereocenters. The lowest BCUT2D eigenvalue weighted by atomic mass is 10.0. The summed E-state index contributed by atoms with van der Waals surface area (Å²) in [7, 11) is 0. The summed E-state index contributed by atoms with van der Waals surface area (Å²) in [5.41, 5.74) is 0.574. The number of amides is 3. The lowest BCUT2D eigenvalue weighted by molar-refractivity contribution is -0.130. The van der Waals surface area contributed by atoms with Crippen LogP contribution in [0.5, 0.6) is 0 Å². The molecule has 1 fully saturated rings. The van der Waals surface area contributed by atoms with Crippen molar-refractivity contribution in [3.05, 3.63) is 53.4 Å². The summed E-state index contributed by atoms with van der Waals surface area (Å²) in [6.07, 6.45) is 3.06. The van der Waals surface area contributed by atoms with Gasteiger partial charge in [0.1, 0.15) is 5.76 Å². The summed E-state index contributed by atoms with van der Waals surface area (Å²) in [6.45, 7) is 3.24. The Morgan fingerprint density at radius 3 is 2.58 bits per heavy atom. The average molecular weight is 376 g/mol. The molecule has 3 amide bonds. The molecule has 0 atom stereocenters. The molecule has 7 heteroatoms. The Balaban J connectivity index is 1.74. The van der Waals surface area contributed by atoms with E-state index in [1.807, 2.05) is 23.1 Å². The predicted octanol–water partition coefficient (Wildman–Crippen LogP) is 3.98. The Hall–Kier alpha value is -2.47. The number of hydrogen-bond acceptors (Lipinski definition) is 3. The van der Waals surface area contributed by atoms with Crippen LogP contribution in [0.2, 0.25) is 5.02 Å². The third-order valence-corrected chi connectivity index (χ3v) is 4.96. The molecule has 1 aromatic heterocycles. The van der Waals surface area contributed by atoms with E-state index in [1.165, 1.54) is 0 Å². The van der Waals surface area contributed by atoms with Crippen molar-refractivity contribution < 1.29 is 14.0 Å². The van der Waals surface area contributed by atoms with E-state index in [0.29, 0.717) is 36.1 Å². The van der Waals surface area contributed by atoms with Gasteiger partial charge in [-0.05, 0) is 37.1 Å². The van der Waals surface area contributed by atoms with E-state index in [-0.39, 0.29) is 18.0 Å². The smallest absolute Gasteiger partial charge is 0.322 e. The van der Waals surface area contributed by atoms with E-state index in [4.69, 9.17) is 16.0 Å². The number of rotatable bonds is 4. The van der Waals surface area contributed by atoms with Gasteiger partial charge in [0.25, 0.3) is 0 Å². The fourth-order valence-electron chi connectivity index (χ4n) is 3.18. The first-order chi connectivity index (χ1) is 12.5. The van der Waals surface area contributed by atoms with Gasteiger partial charge in [-0.15, -0.1) is 0 Å². The third kappa shape index (κ3) is 4.38. The molecular formula is C19H22ClN3O3. The number of urea groups is 1. The van der Waals surface area contributed by atoms with Gasteiger partial charge in [-0.25, -0.2) is 4.79 Å². The monoisotopic (exact) mass is 375 g/mol. The van der Waals surface area contributed by atoms with Gasteiger partial charge in [-0.3, -0.25) is 4.79 Å². The van der Waals surface area contributed by atoms with Crippen molar-refractivity contribution in [3.63, 3.8) is 0 Å². The van der Waals surface area contributed by atoms with Crippen molar-refractivity contribution >= 4 is 29.2 Å². The van der Waals surface area contributed by atoms with Gasteiger partial charge in [0, 0.05) is 26.1 Å². The molecule has 1 aromatic carbocycles. The summed E-state index contributed by atoms with van der Waals surface area (Å²) in [5, 5.41) is 3.38. The van der Waals surface area contributed by atoms with Crippen LogP contribution in [-0.2, 0) is 11.3 Å². The number of nitrogens with zero attached hydrogens (tertiary/aromatic N) is 2. The van der Waals surface area contributed by atoms with Crippen molar-refractivity contribution in [3.8, 4) is 0 Å². The van der Waals surface area contributed by atoms with Crippen LogP contribution in [0.25, 0.3) is 0 Å². The standard InChI is InChI=1S/C19H22ClN3O3/c1-14(24)22-10-8-15(9-11-22)23(13-16-5-4-12-26-16)19(25)21-18-7-3-2-6-17(18)20/h2-7,12,15H,8-11,13H2,1H3,(H,21,25). The number of likely N-dealkylation sites (tertiary alicyclic amines) is 1. The van der Waals surface area contributed by atoms with Gasteiger partial charge in [-0.1, -0.05) is 23.7 Å². The molecule has 1 aliphatic heterocycles. The number of carbonyl (C=O) groups is 2. The van der Waals surface area contributed by atoms with Crippen LogP contribution in [-0.4, -0.2) is 40.9 Å². The van der Waals surface area contributed by atoms with Crippen LogP contribution >= 0.6 is 11.6 Å². The molecule has 0 aliphatic carbocycles. The molecule has 6 nitrogen and oxygen atoms in total. The van der Waals surface area contributed by atoms with Crippen molar-refractivity contribution in [2.75, 3.05) is 18.4 Å². The second-order valence-electron chi connectivity index (χ2n) is 6.35. The van der Waals surface area contributed by atoms with E-state index in [0.717, 1.165) is 12.8 Å². The zero-order valence-electron chi connectivity index (χ0n) is 14.7. The number of para-hydroxylation sites is 1. The number of halogens is 1. The molecule has 26 heavy (non-hydrogen) atoms. The van der Waals surface area contributed by atoms with E-state index in [9.17, 15) is 9.59 Å². The number of furan rings is 1. The SMILES string of the molecule is CC(=O)N1CCC(N(Cc2ccco2)C(=O)Nc2ccccc2Cl)CC1. The minimum atomic E-state index is -0.226. The van der Waals surface area contributed by atoms with Crippen LogP contribution in [0.4, 0.5) is 10.5 Å². The van der Waals surface area contributed by atoms with Crippen LogP contribution in [0.3, 0.4) is 0 Å². The fourth-order valence-corrected chi connectivity index (χ4v) is 3.36. The van der Waals surface area contributed by atoms with Gasteiger partial charge in [0.2, 0.25) is 5.91 Å². The molecular weight excluding hydrogens is 354 g/mol. The Morgan fingerprint density at radius 2 is 1.96 bits per heavy atom. The maximum absolute atomic E-state index is 12.9. The first-order valence-corrected chi connectivity index (χ1v) is 9.02. The van der Waals surface area contributed by atoms with E-state index in [2.05, 4.69) is 5.32 Å². The first kappa shape index (κ1) is 18.3. The van der Waals surface area contributed by atoms with Crippen molar-refractivity contribution in [1.82, 2.24) is 9.80 Å². The molecule has 1 N–H and O–H groups in total. The summed E-state index contributed by atoms with van der Waals surface area (Å²) in [5.74, 6) is 0.787. The highest BCUT2D eigenvalue weighted by Gasteiger charge is 2.29. The summed E-state index contributed by atoms with van der Waals surface area (Å²) < 4.78 is 5.43. The Morgan fingerprint density at radius 1 is 1.23 bits per heavy atom. The van der Waals surface area contributed by atoms with Gasteiger partial charge in [0.15, 0.2) is 0 Å². The summed E-state index contributed by atoms with van der Waals surface area (Å²) in [4.78, 5) is 28.1. The fraction of sp³-hybridized carbons (Fsp3) is 0.368. The molecule has 1 aliphatic rings. The predicted molar refractivity (Wildman–Crippen MR) is 100.0 cm³/mol. The van der Waals surface area contributed by atoms with Gasteiger partial charge in [-0.2, -0.15) is 0 Å². The summed E-state index contributed by atoms with van der Waals surface area (Å²) >= 11 is 6.16. The van der Waals surface area contributed by atoms with Crippen LogP contribution in [0, 0.1) is 0 Å². The van der Waals surface area contributed by atoms with Gasteiger partial charge < -0.3 is 19.5 Å². The normalized spacial score (nSPS) is 14.9. The van der Waals surface area contributed by atoms with E-state index in [1.54, 1.807) is 36.3 Å². The lowest BCUT2D eigenvalue weighted by Crippen LogP contribution is -2.49. The Kier molecular flexibility index (Phi) is 5.83. The topological polar surface area (TPSA) is 65.8 Å². The zero-order chi connectivity index (χ0) is 18.5. The minimum Gasteiger partial charge on any atom is -0.467 e. The molecule has 0 saturated carbocycles. The quantitative estimate of drug-likeness (QED) is 0.879. The van der Waals surface area contributed by atoms with Crippen LogP contribution < -0.4 is 5.32 Å². The maximum atomic E-state index is 12.9. The van der Waals surface area contributed by atoms with Crippen LogP contribution in [0.1, 0.15) is 25.5 Å². The number of piperidine rings is 1. The molecule has 2 aromatic rings. The highest BCUT2D eigenvalue weighted by Crippen LogP contribution is 2.24. The van der Waals surface area contributed by atoms with Gasteiger partial charge >= 0.3 is 6.03 Å². The van der Waals surface area contributed by atoms with Crippen molar-refractivity contribution in [2.45, 2.75) is 32.4 Å². The molecule has 1 saturated heterocycles. The first-order valence-electron chi connectivity index (χ1n) is 8.64. The van der Waals surface area contributed by atoms with E-state index < -0.39 is 0 Å². The number of nitrogens with one attached hydrogen (secondary N) is 1. The molecule has 0 radical (unpaired) electrons. The highest BCUT2D eigenvalue weighted by atomic mass is 35.5. The molecule has 0 bridgehead atoms. The van der Waals surface area contributed by atoms with Crippen molar-refractivity contribution in [2.24, 2.45) is 0 Å². The summed E-state index contributed by atoms with van der Waals surface area (Å²) in [6, 6.07) is 10.6. The Bertz CT molecular complexity index is 755. The molecule has 138 valence electrons. The van der Waals surface area contributed by atoms with Crippen molar-refractivity contribution in [1.29, 1.82) is 0 Å². The molecule has 2 heterocycles. The second kappa shape index (κ2) is 8.27. The van der Waals surface area contributed by atoms with Crippen LogP contribution in [0.15, 0.2) is 47.1 Å². The molecule has 0 spiro atoms. The average Bonchev–Trinajstić information content (AvgIpc) is 3.15. The third-order valence-electron chi connectivity index (χ3n) is 4.63. The van der Waals surface area contributed by atoms with E-state index >= 15 is 0 Å². The van der Waals surface area contributed by atoms with Gasteiger partial charge in [0.05, 0.1) is 23.5 Å². The number of carbonyl (C=O) groups excluding carboxylic acids is 2. The lowest BCUT2D eigenvalue weighted by Gasteiger charge is -2.38. The maximum Gasteiger partial charge on any atom is 0.322 e. The zero-order valence-corrected chi connectivity index (χ0v) is 15.4. The number of anilines is 1. The number of benzene rings is 1. The highest BCUT2D eigenvalue weighted by molar-refractivity contribution is 6.33.